The fourth-order valence-electron chi connectivity index (χ4n) is 2.55. The molecule has 0 unspecified atom stereocenters. The van der Waals surface area contributed by atoms with E-state index in [0.717, 1.165) is 19.3 Å². The van der Waals surface area contributed by atoms with E-state index in [-0.39, 0.29) is 11.2 Å². The lowest BCUT2D eigenvalue weighted by molar-refractivity contribution is -0.0323. The van der Waals surface area contributed by atoms with Crippen LogP contribution >= 0.6 is 0 Å². The van der Waals surface area contributed by atoms with E-state index in [9.17, 15) is 10.2 Å². The van der Waals surface area contributed by atoms with Crippen molar-refractivity contribution >= 4 is 0 Å². The highest BCUT2D eigenvalue weighted by atomic mass is 16.6. The molecule has 0 aromatic rings. The molecule has 1 heterocycles. The molecule has 0 aromatic heterocycles. The van der Waals surface area contributed by atoms with Gasteiger partial charge in [0, 0.05) is 0 Å². The van der Waals surface area contributed by atoms with Gasteiger partial charge in [-0.3, -0.25) is 0 Å². The van der Waals surface area contributed by atoms with Gasteiger partial charge in [-0.2, -0.15) is 0 Å². The molecule has 2 saturated carbocycles. The van der Waals surface area contributed by atoms with Gasteiger partial charge < -0.3 is 14.9 Å². The molecule has 0 radical (unpaired) electrons. The van der Waals surface area contributed by atoms with Crippen molar-refractivity contribution in [2.24, 2.45) is 5.92 Å². The maximum Gasteiger partial charge on any atom is 0.112 e. The van der Waals surface area contributed by atoms with Crippen LogP contribution < -0.4 is 0 Å². The molecular weight excluding hydrogens is 156 g/mol. The molecule has 0 amide bonds. The van der Waals surface area contributed by atoms with Gasteiger partial charge in [-0.1, -0.05) is 6.92 Å². The SMILES string of the molecule is C[C@@H]1C[C@@]12OC1(CC1)[C@H](O)[C@@H]2O. The molecule has 68 valence electrons. The highest BCUT2D eigenvalue weighted by Gasteiger charge is 2.74. The topological polar surface area (TPSA) is 49.7 Å². The molecular formula is C9H14O3. The first kappa shape index (κ1) is 7.30. The third-order valence-electron chi connectivity index (χ3n) is 3.77. The molecule has 2 N–H and O–H groups in total. The summed E-state index contributed by atoms with van der Waals surface area (Å²) >= 11 is 0. The lowest BCUT2D eigenvalue weighted by Gasteiger charge is -2.12. The van der Waals surface area contributed by atoms with Crippen molar-refractivity contribution in [3.63, 3.8) is 0 Å². The van der Waals surface area contributed by atoms with E-state index in [0.29, 0.717) is 5.92 Å². The van der Waals surface area contributed by atoms with Crippen LogP contribution in [0.5, 0.6) is 0 Å². The van der Waals surface area contributed by atoms with Gasteiger partial charge in [0.2, 0.25) is 0 Å². The minimum atomic E-state index is -0.644. The summed E-state index contributed by atoms with van der Waals surface area (Å²) in [4.78, 5) is 0. The van der Waals surface area contributed by atoms with Crippen molar-refractivity contribution in [1.82, 2.24) is 0 Å². The lowest BCUT2D eigenvalue weighted by Crippen LogP contribution is -2.34. The standard InChI is InChI=1S/C9H14O3/c1-5-4-9(5)7(11)6(10)8(12-9)2-3-8/h5-7,10-11H,2-4H2,1H3/t5-,6-,7+,9-/m1/s1. The molecule has 2 spiro atoms. The summed E-state index contributed by atoms with van der Waals surface area (Å²) in [6, 6.07) is 0. The van der Waals surface area contributed by atoms with Crippen LogP contribution in [0, 0.1) is 5.92 Å². The van der Waals surface area contributed by atoms with Crippen LogP contribution in [0.2, 0.25) is 0 Å². The largest absolute Gasteiger partial charge is 0.387 e. The Kier molecular flexibility index (Phi) is 1.04. The van der Waals surface area contributed by atoms with Crippen molar-refractivity contribution < 1.29 is 14.9 Å². The van der Waals surface area contributed by atoms with Gasteiger partial charge in [0.1, 0.15) is 17.8 Å². The van der Waals surface area contributed by atoms with Crippen LogP contribution in [0.3, 0.4) is 0 Å². The Balaban J connectivity index is 1.92. The van der Waals surface area contributed by atoms with Crippen molar-refractivity contribution in [3.05, 3.63) is 0 Å². The van der Waals surface area contributed by atoms with E-state index in [1.54, 1.807) is 0 Å². The monoisotopic (exact) mass is 170 g/mol. The Morgan fingerprint density at radius 1 is 1.25 bits per heavy atom. The molecule has 0 bridgehead atoms. The molecule has 0 aromatic carbocycles. The first-order valence-corrected chi connectivity index (χ1v) is 4.67. The Labute approximate surface area is 71.3 Å². The Morgan fingerprint density at radius 2 is 1.83 bits per heavy atom. The third kappa shape index (κ3) is 0.605. The molecule has 3 rings (SSSR count). The molecule has 3 aliphatic rings. The van der Waals surface area contributed by atoms with Crippen molar-refractivity contribution in [2.45, 2.75) is 49.6 Å². The number of hydrogen-bond donors (Lipinski definition) is 2. The minimum Gasteiger partial charge on any atom is -0.387 e. The second kappa shape index (κ2) is 1.72. The van der Waals surface area contributed by atoms with E-state index in [1.807, 2.05) is 0 Å². The summed E-state index contributed by atoms with van der Waals surface area (Å²) < 4.78 is 5.80. The van der Waals surface area contributed by atoms with E-state index in [4.69, 9.17) is 4.74 Å². The first-order chi connectivity index (χ1) is 5.61. The Morgan fingerprint density at radius 3 is 2.08 bits per heavy atom. The van der Waals surface area contributed by atoms with Crippen LogP contribution in [0.25, 0.3) is 0 Å². The van der Waals surface area contributed by atoms with E-state index < -0.39 is 12.2 Å². The minimum absolute atomic E-state index is 0.343. The zero-order valence-electron chi connectivity index (χ0n) is 7.16. The van der Waals surface area contributed by atoms with Gasteiger partial charge in [-0.15, -0.1) is 0 Å². The second-order valence-electron chi connectivity index (χ2n) is 4.62. The van der Waals surface area contributed by atoms with Crippen molar-refractivity contribution in [3.8, 4) is 0 Å². The zero-order chi connectivity index (χ0) is 8.56. The average Bonchev–Trinajstić information content (AvgIpc) is 2.90. The van der Waals surface area contributed by atoms with Gasteiger partial charge in [0.15, 0.2) is 0 Å². The molecule has 3 fully saturated rings. The zero-order valence-corrected chi connectivity index (χ0v) is 7.16. The molecule has 1 saturated heterocycles. The predicted molar refractivity (Wildman–Crippen MR) is 41.6 cm³/mol. The Bertz CT molecular complexity index is 236. The van der Waals surface area contributed by atoms with E-state index in [1.165, 1.54) is 0 Å². The predicted octanol–water partition coefficient (Wildman–Crippen LogP) is 0.0496. The number of aliphatic hydroxyl groups excluding tert-OH is 2. The smallest absolute Gasteiger partial charge is 0.112 e. The summed E-state index contributed by atoms with van der Waals surface area (Å²) in [5.74, 6) is 0.419. The molecule has 3 heteroatoms. The Hall–Kier alpha value is -0.120. The van der Waals surface area contributed by atoms with Gasteiger partial charge in [-0.05, 0) is 25.2 Å². The first-order valence-electron chi connectivity index (χ1n) is 4.67. The number of ether oxygens (including phenoxy) is 1. The van der Waals surface area contributed by atoms with Crippen LogP contribution in [-0.2, 0) is 4.74 Å². The van der Waals surface area contributed by atoms with Crippen LogP contribution in [0.15, 0.2) is 0 Å². The number of aliphatic hydroxyl groups is 2. The molecule has 4 atom stereocenters. The molecule has 2 aliphatic carbocycles. The van der Waals surface area contributed by atoms with Gasteiger partial charge in [0.05, 0.1) is 5.60 Å². The highest BCUT2D eigenvalue weighted by molar-refractivity contribution is 5.23. The summed E-state index contributed by atoms with van der Waals surface area (Å²) in [7, 11) is 0. The van der Waals surface area contributed by atoms with Crippen LogP contribution in [-0.4, -0.2) is 33.6 Å². The quantitative estimate of drug-likeness (QED) is 0.540. The van der Waals surface area contributed by atoms with Crippen LogP contribution in [0.4, 0.5) is 0 Å². The summed E-state index contributed by atoms with van der Waals surface area (Å²) in [6.45, 7) is 2.07. The third-order valence-corrected chi connectivity index (χ3v) is 3.77. The summed E-state index contributed by atoms with van der Waals surface area (Å²) in [5.41, 5.74) is -0.708. The number of rotatable bonds is 0. The van der Waals surface area contributed by atoms with Gasteiger partial charge >= 0.3 is 0 Å². The van der Waals surface area contributed by atoms with E-state index in [2.05, 4.69) is 6.92 Å². The normalized spacial score (nSPS) is 59.8. The molecule has 1 aliphatic heterocycles. The fraction of sp³-hybridized carbons (Fsp3) is 1.00. The molecule has 12 heavy (non-hydrogen) atoms. The van der Waals surface area contributed by atoms with Crippen molar-refractivity contribution in [2.75, 3.05) is 0 Å². The fourth-order valence-corrected chi connectivity index (χ4v) is 2.55. The average molecular weight is 170 g/mol. The number of hydrogen-bond acceptors (Lipinski definition) is 3. The summed E-state index contributed by atoms with van der Waals surface area (Å²) in [5, 5.41) is 19.5. The van der Waals surface area contributed by atoms with E-state index >= 15 is 0 Å². The van der Waals surface area contributed by atoms with Gasteiger partial charge in [0.25, 0.3) is 0 Å². The van der Waals surface area contributed by atoms with Gasteiger partial charge in [-0.25, -0.2) is 0 Å². The lowest BCUT2D eigenvalue weighted by atomic mass is 10.0. The highest BCUT2D eigenvalue weighted by Crippen LogP contribution is 2.63. The second-order valence-corrected chi connectivity index (χ2v) is 4.62. The summed E-state index contributed by atoms with van der Waals surface area (Å²) in [6.07, 6.45) is 1.46. The maximum absolute atomic E-state index is 9.76. The van der Waals surface area contributed by atoms with Crippen molar-refractivity contribution in [1.29, 1.82) is 0 Å². The molecule has 3 nitrogen and oxygen atoms in total. The van der Waals surface area contributed by atoms with Crippen LogP contribution in [0.1, 0.15) is 26.2 Å². The maximum atomic E-state index is 9.76.